The van der Waals surface area contributed by atoms with E-state index in [1.807, 2.05) is 0 Å². The summed E-state index contributed by atoms with van der Waals surface area (Å²) >= 11 is 1.68. The molecule has 1 aliphatic rings. The van der Waals surface area contributed by atoms with Gasteiger partial charge in [0, 0.05) is 26.7 Å². The monoisotopic (exact) mass is 295 g/mol. The van der Waals surface area contributed by atoms with E-state index in [1.54, 1.807) is 18.4 Å². The SMILES string of the molecule is CN=C(NCc1ccsc1)N1CC(C)C(C(=O)OC)C1. The number of nitrogens with one attached hydrogen (secondary N) is 1. The second-order valence-electron chi connectivity index (χ2n) is 5.04. The molecule has 2 atom stereocenters. The average molecular weight is 295 g/mol. The first-order valence-corrected chi connectivity index (χ1v) is 7.64. The third-order valence-electron chi connectivity index (χ3n) is 3.66. The summed E-state index contributed by atoms with van der Waals surface area (Å²) in [6, 6.07) is 2.09. The van der Waals surface area contributed by atoms with Gasteiger partial charge in [-0.15, -0.1) is 0 Å². The smallest absolute Gasteiger partial charge is 0.310 e. The molecule has 0 amide bonds. The standard InChI is InChI=1S/C14H21N3O2S/c1-10-7-17(8-12(10)13(18)19-3)14(15-2)16-6-11-4-5-20-9-11/h4-5,9-10,12H,6-8H2,1-3H3,(H,15,16). The molecule has 1 fully saturated rings. The highest BCUT2D eigenvalue weighted by molar-refractivity contribution is 7.07. The molecule has 0 saturated carbocycles. The Morgan fingerprint density at radius 3 is 3.00 bits per heavy atom. The Hall–Kier alpha value is -1.56. The first-order valence-electron chi connectivity index (χ1n) is 6.70. The van der Waals surface area contributed by atoms with E-state index in [9.17, 15) is 4.79 Å². The number of guanidine groups is 1. The zero-order chi connectivity index (χ0) is 14.5. The van der Waals surface area contributed by atoms with Crippen LogP contribution in [0.25, 0.3) is 0 Å². The van der Waals surface area contributed by atoms with Crippen LogP contribution in [0.3, 0.4) is 0 Å². The van der Waals surface area contributed by atoms with Gasteiger partial charge in [-0.3, -0.25) is 9.79 Å². The first kappa shape index (κ1) is 14.8. The lowest BCUT2D eigenvalue weighted by Crippen LogP contribution is -2.40. The molecule has 1 aromatic rings. The molecular formula is C14H21N3O2S. The van der Waals surface area contributed by atoms with E-state index >= 15 is 0 Å². The van der Waals surface area contributed by atoms with Gasteiger partial charge >= 0.3 is 5.97 Å². The van der Waals surface area contributed by atoms with Crippen molar-refractivity contribution in [1.29, 1.82) is 0 Å². The Bertz CT molecular complexity index is 473. The van der Waals surface area contributed by atoms with Crippen LogP contribution in [0.4, 0.5) is 0 Å². The van der Waals surface area contributed by atoms with E-state index in [0.29, 0.717) is 6.54 Å². The summed E-state index contributed by atoms with van der Waals surface area (Å²) in [5, 5.41) is 7.52. The lowest BCUT2D eigenvalue weighted by molar-refractivity contribution is -0.145. The summed E-state index contributed by atoms with van der Waals surface area (Å²) in [6.45, 7) is 4.32. The van der Waals surface area contributed by atoms with Crippen LogP contribution < -0.4 is 5.32 Å². The van der Waals surface area contributed by atoms with Crippen LogP contribution in [0, 0.1) is 11.8 Å². The van der Waals surface area contributed by atoms with Crippen LogP contribution in [0.5, 0.6) is 0 Å². The number of aliphatic imine (C=N–C) groups is 1. The van der Waals surface area contributed by atoms with Crippen molar-refractivity contribution in [1.82, 2.24) is 10.2 Å². The molecule has 5 nitrogen and oxygen atoms in total. The van der Waals surface area contributed by atoms with Gasteiger partial charge in [0.15, 0.2) is 5.96 Å². The van der Waals surface area contributed by atoms with E-state index in [1.165, 1.54) is 12.7 Å². The number of carbonyl (C=O) groups excluding carboxylic acids is 1. The molecule has 1 aromatic heterocycles. The number of likely N-dealkylation sites (tertiary alicyclic amines) is 1. The van der Waals surface area contributed by atoms with Crippen LogP contribution in [0.1, 0.15) is 12.5 Å². The fraction of sp³-hybridized carbons (Fsp3) is 0.571. The van der Waals surface area contributed by atoms with Crippen molar-refractivity contribution in [3.05, 3.63) is 22.4 Å². The third-order valence-corrected chi connectivity index (χ3v) is 4.39. The van der Waals surface area contributed by atoms with E-state index in [2.05, 4.69) is 39.0 Å². The zero-order valence-electron chi connectivity index (χ0n) is 12.1. The molecule has 1 N–H and O–H groups in total. The fourth-order valence-electron chi connectivity index (χ4n) is 2.50. The Balaban J connectivity index is 1.94. The topological polar surface area (TPSA) is 53.9 Å². The number of carbonyl (C=O) groups is 1. The highest BCUT2D eigenvalue weighted by atomic mass is 32.1. The maximum atomic E-state index is 11.7. The Kier molecular flexibility index (Phi) is 5.00. The second kappa shape index (κ2) is 6.74. The molecule has 0 spiro atoms. The number of esters is 1. The summed E-state index contributed by atoms with van der Waals surface area (Å²) in [6.07, 6.45) is 0. The van der Waals surface area contributed by atoms with Gasteiger partial charge in [0.1, 0.15) is 0 Å². The lowest BCUT2D eigenvalue weighted by Gasteiger charge is -2.21. The zero-order valence-corrected chi connectivity index (χ0v) is 12.9. The average Bonchev–Trinajstić information content (AvgIpc) is 3.08. The highest BCUT2D eigenvalue weighted by Crippen LogP contribution is 2.24. The van der Waals surface area contributed by atoms with Crippen molar-refractivity contribution in [2.45, 2.75) is 13.5 Å². The molecule has 0 radical (unpaired) electrons. The van der Waals surface area contributed by atoms with Crippen molar-refractivity contribution >= 4 is 23.3 Å². The van der Waals surface area contributed by atoms with Gasteiger partial charge in [-0.2, -0.15) is 11.3 Å². The normalized spacial score (nSPS) is 22.9. The number of hydrogen-bond acceptors (Lipinski definition) is 4. The van der Waals surface area contributed by atoms with Crippen molar-refractivity contribution in [3.63, 3.8) is 0 Å². The molecule has 6 heteroatoms. The van der Waals surface area contributed by atoms with Gasteiger partial charge in [-0.25, -0.2) is 0 Å². The Morgan fingerprint density at radius 2 is 2.40 bits per heavy atom. The van der Waals surface area contributed by atoms with Gasteiger partial charge in [0.25, 0.3) is 0 Å². The Labute approximate surface area is 123 Å². The number of hydrogen-bond donors (Lipinski definition) is 1. The highest BCUT2D eigenvalue weighted by Gasteiger charge is 2.36. The van der Waals surface area contributed by atoms with Crippen molar-refractivity contribution in [2.75, 3.05) is 27.2 Å². The molecule has 2 unspecified atom stereocenters. The minimum atomic E-state index is -0.131. The summed E-state index contributed by atoms with van der Waals surface area (Å²) in [4.78, 5) is 18.1. The predicted octanol–water partition coefficient (Wildman–Crippen LogP) is 1.56. The molecular weight excluding hydrogens is 274 g/mol. The number of ether oxygens (including phenoxy) is 1. The maximum absolute atomic E-state index is 11.7. The van der Waals surface area contributed by atoms with E-state index in [0.717, 1.165) is 19.0 Å². The van der Waals surface area contributed by atoms with E-state index in [4.69, 9.17) is 4.74 Å². The van der Waals surface area contributed by atoms with E-state index < -0.39 is 0 Å². The van der Waals surface area contributed by atoms with Crippen LogP contribution in [-0.2, 0) is 16.1 Å². The summed E-state index contributed by atoms with van der Waals surface area (Å²) < 4.78 is 4.86. The van der Waals surface area contributed by atoms with Gasteiger partial charge in [0.05, 0.1) is 13.0 Å². The van der Waals surface area contributed by atoms with Gasteiger partial charge < -0.3 is 15.0 Å². The van der Waals surface area contributed by atoms with Gasteiger partial charge in [-0.05, 0) is 28.3 Å². The summed E-state index contributed by atoms with van der Waals surface area (Å²) in [7, 11) is 3.22. The molecule has 0 aromatic carbocycles. The largest absolute Gasteiger partial charge is 0.469 e. The molecule has 2 heterocycles. The number of methoxy groups -OCH3 is 1. The third kappa shape index (κ3) is 3.30. The van der Waals surface area contributed by atoms with Crippen LogP contribution in [0.15, 0.2) is 21.8 Å². The number of thiophene rings is 1. The van der Waals surface area contributed by atoms with Crippen molar-refractivity contribution < 1.29 is 9.53 Å². The number of nitrogens with zero attached hydrogens (tertiary/aromatic N) is 2. The summed E-state index contributed by atoms with van der Waals surface area (Å²) in [5.41, 5.74) is 1.24. The molecule has 0 bridgehead atoms. The first-order chi connectivity index (χ1) is 9.65. The molecule has 1 aliphatic heterocycles. The van der Waals surface area contributed by atoms with Crippen molar-refractivity contribution in [2.24, 2.45) is 16.8 Å². The second-order valence-corrected chi connectivity index (χ2v) is 5.82. The number of rotatable bonds is 3. The van der Waals surface area contributed by atoms with Crippen LogP contribution >= 0.6 is 11.3 Å². The maximum Gasteiger partial charge on any atom is 0.310 e. The van der Waals surface area contributed by atoms with E-state index in [-0.39, 0.29) is 17.8 Å². The quantitative estimate of drug-likeness (QED) is 0.522. The summed E-state index contributed by atoms with van der Waals surface area (Å²) in [5.74, 6) is 0.921. The molecule has 20 heavy (non-hydrogen) atoms. The predicted molar refractivity (Wildman–Crippen MR) is 80.8 cm³/mol. The molecule has 2 rings (SSSR count). The molecule has 0 aliphatic carbocycles. The van der Waals surface area contributed by atoms with Gasteiger partial charge in [0.2, 0.25) is 0 Å². The minimum Gasteiger partial charge on any atom is -0.469 e. The molecule has 110 valence electrons. The fourth-order valence-corrected chi connectivity index (χ4v) is 3.17. The Morgan fingerprint density at radius 1 is 1.60 bits per heavy atom. The molecule has 1 saturated heterocycles. The van der Waals surface area contributed by atoms with Crippen molar-refractivity contribution in [3.8, 4) is 0 Å². The van der Waals surface area contributed by atoms with Crippen LogP contribution in [-0.4, -0.2) is 44.1 Å². The van der Waals surface area contributed by atoms with Gasteiger partial charge in [-0.1, -0.05) is 6.92 Å². The van der Waals surface area contributed by atoms with Crippen LogP contribution in [0.2, 0.25) is 0 Å². The minimum absolute atomic E-state index is 0.0697. The lowest BCUT2D eigenvalue weighted by atomic mass is 9.99.